The molecule has 1 aromatic carbocycles. The number of carbonyl (C=O) groups excluding carboxylic acids is 2. The number of benzene rings is 1. The summed E-state index contributed by atoms with van der Waals surface area (Å²) in [6.07, 6.45) is 5.27. The van der Waals surface area contributed by atoms with Crippen molar-refractivity contribution in [2.45, 2.75) is 38.1 Å². The number of hydrogen-bond acceptors (Lipinski definition) is 4. The minimum Gasteiger partial charge on any atom is -0.482 e. The molecule has 1 aromatic rings. The van der Waals surface area contributed by atoms with Crippen LogP contribution < -0.4 is 15.4 Å². The molecule has 0 heterocycles. The highest BCUT2D eigenvalue weighted by atomic mass is 35.5. The summed E-state index contributed by atoms with van der Waals surface area (Å²) < 4.78 is 5.26. The van der Waals surface area contributed by atoms with Crippen LogP contribution in [0, 0.1) is 11.3 Å². The van der Waals surface area contributed by atoms with Crippen molar-refractivity contribution in [1.82, 2.24) is 10.6 Å². The molecule has 122 valence electrons. The third kappa shape index (κ3) is 5.46. The lowest BCUT2D eigenvalue weighted by atomic mass is 9.96. The van der Waals surface area contributed by atoms with Crippen LogP contribution in [0.3, 0.4) is 0 Å². The summed E-state index contributed by atoms with van der Waals surface area (Å²) in [5.41, 5.74) is 0.402. The third-order valence-corrected chi connectivity index (χ3v) is 3.91. The molecule has 0 unspecified atom stereocenters. The maximum atomic E-state index is 11.7. The molecule has 1 saturated carbocycles. The van der Waals surface area contributed by atoms with E-state index in [1.165, 1.54) is 24.6 Å². The molecule has 1 fully saturated rings. The Morgan fingerprint density at radius 1 is 1.30 bits per heavy atom. The second kappa shape index (κ2) is 8.39. The van der Waals surface area contributed by atoms with Crippen molar-refractivity contribution in [3.05, 3.63) is 28.8 Å². The summed E-state index contributed by atoms with van der Waals surface area (Å²) in [5.74, 6) is -0.271. The first kappa shape index (κ1) is 17.1. The number of carbonyl (C=O) groups is 2. The molecule has 0 aromatic heterocycles. The zero-order valence-corrected chi connectivity index (χ0v) is 13.4. The van der Waals surface area contributed by atoms with Gasteiger partial charge in [0.1, 0.15) is 5.75 Å². The van der Waals surface area contributed by atoms with Crippen molar-refractivity contribution in [3.63, 3.8) is 0 Å². The van der Waals surface area contributed by atoms with Crippen LogP contribution in [-0.4, -0.2) is 24.6 Å². The number of nitrogens with one attached hydrogen (secondary N) is 2. The Labute approximate surface area is 139 Å². The number of nitrogens with zero attached hydrogens (tertiary/aromatic N) is 1. The van der Waals surface area contributed by atoms with E-state index in [1.54, 1.807) is 0 Å². The minimum absolute atomic E-state index is 0.130. The van der Waals surface area contributed by atoms with Gasteiger partial charge in [-0.05, 0) is 31.0 Å². The van der Waals surface area contributed by atoms with Gasteiger partial charge in [-0.15, -0.1) is 0 Å². The average molecular weight is 336 g/mol. The summed E-state index contributed by atoms with van der Waals surface area (Å²) in [5, 5.41) is 14.0. The van der Waals surface area contributed by atoms with E-state index in [4.69, 9.17) is 21.6 Å². The summed E-state index contributed by atoms with van der Waals surface area (Å²) in [6, 6.07) is 6.07. The molecule has 7 heteroatoms. The van der Waals surface area contributed by atoms with Gasteiger partial charge in [0.15, 0.2) is 6.61 Å². The molecule has 0 spiro atoms. The van der Waals surface area contributed by atoms with Gasteiger partial charge >= 0.3 is 6.03 Å². The van der Waals surface area contributed by atoms with Gasteiger partial charge in [-0.1, -0.05) is 30.9 Å². The first-order valence-corrected chi connectivity index (χ1v) is 7.89. The maximum Gasteiger partial charge on any atom is 0.321 e. The SMILES string of the molecule is N#Cc1ccc(OCC(=O)NC(=O)NC2CCCCC2)c(Cl)c1. The molecule has 6 nitrogen and oxygen atoms in total. The average Bonchev–Trinajstić information content (AvgIpc) is 2.54. The number of ether oxygens (including phenoxy) is 1. The Bertz CT molecular complexity index is 621. The van der Waals surface area contributed by atoms with Crippen LogP contribution in [0.2, 0.25) is 5.02 Å². The monoisotopic (exact) mass is 335 g/mol. The van der Waals surface area contributed by atoms with Crippen LogP contribution in [0.15, 0.2) is 18.2 Å². The normalized spacial score (nSPS) is 14.6. The number of halogens is 1. The van der Waals surface area contributed by atoms with Crippen molar-refractivity contribution >= 4 is 23.5 Å². The molecular weight excluding hydrogens is 318 g/mol. The van der Waals surface area contributed by atoms with Crippen LogP contribution in [0.1, 0.15) is 37.7 Å². The third-order valence-electron chi connectivity index (χ3n) is 3.61. The number of amides is 3. The van der Waals surface area contributed by atoms with Crippen molar-refractivity contribution in [1.29, 1.82) is 5.26 Å². The van der Waals surface area contributed by atoms with Crippen LogP contribution in [0.25, 0.3) is 0 Å². The summed E-state index contributed by atoms with van der Waals surface area (Å²) in [7, 11) is 0. The van der Waals surface area contributed by atoms with Crippen molar-refractivity contribution in [3.8, 4) is 11.8 Å². The van der Waals surface area contributed by atoms with E-state index in [0.717, 1.165) is 25.7 Å². The second-order valence-corrected chi connectivity index (χ2v) is 5.81. The highest BCUT2D eigenvalue weighted by Gasteiger charge is 2.17. The van der Waals surface area contributed by atoms with E-state index in [0.29, 0.717) is 5.56 Å². The fraction of sp³-hybridized carbons (Fsp3) is 0.438. The lowest BCUT2D eigenvalue weighted by molar-refractivity contribution is -0.122. The summed E-state index contributed by atoms with van der Waals surface area (Å²) in [6.45, 7) is -0.330. The fourth-order valence-corrected chi connectivity index (χ4v) is 2.70. The largest absolute Gasteiger partial charge is 0.482 e. The van der Waals surface area contributed by atoms with Crippen molar-refractivity contribution in [2.75, 3.05) is 6.61 Å². The number of hydrogen-bond donors (Lipinski definition) is 2. The van der Waals surface area contributed by atoms with E-state index in [2.05, 4.69) is 10.6 Å². The predicted molar refractivity (Wildman–Crippen MR) is 85.2 cm³/mol. The molecule has 1 aliphatic carbocycles. The zero-order valence-electron chi connectivity index (χ0n) is 12.6. The highest BCUT2D eigenvalue weighted by molar-refractivity contribution is 6.32. The van der Waals surface area contributed by atoms with Gasteiger partial charge < -0.3 is 10.1 Å². The number of nitriles is 1. The molecule has 0 radical (unpaired) electrons. The Hall–Kier alpha value is -2.26. The van der Waals surface area contributed by atoms with Gasteiger partial charge in [0, 0.05) is 6.04 Å². The number of imide groups is 1. The van der Waals surface area contributed by atoms with Gasteiger partial charge in [0.05, 0.1) is 16.7 Å². The number of rotatable bonds is 4. The minimum atomic E-state index is -0.557. The van der Waals surface area contributed by atoms with E-state index < -0.39 is 11.9 Å². The van der Waals surface area contributed by atoms with Crippen LogP contribution in [0.5, 0.6) is 5.75 Å². The van der Waals surface area contributed by atoms with Gasteiger partial charge in [0.2, 0.25) is 0 Å². The van der Waals surface area contributed by atoms with E-state index in [1.807, 2.05) is 6.07 Å². The lowest BCUT2D eigenvalue weighted by Crippen LogP contribution is -2.46. The number of urea groups is 1. The van der Waals surface area contributed by atoms with E-state index >= 15 is 0 Å². The molecule has 23 heavy (non-hydrogen) atoms. The summed E-state index contributed by atoms with van der Waals surface area (Å²) >= 11 is 5.94. The molecule has 0 aliphatic heterocycles. The molecule has 3 amide bonds. The molecule has 2 rings (SSSR count). The maximum absolute atomic E-state index is 11.7. The van der Waals surface area contributed by atoms with Gasteiger partial charge in [-0.25, -0.2) is 4.79 Å². The molecule has 0 atom stereocenters. The van der Waals surface area contributed by atoms with Gasteiger partial charge in [-0.2, -0.15) is 5.26 Å². The molecule has 1 aliphatic rings. The molecule has 2 N–H and O–H groups in total. The van der Waals surface area contributed by atoms with Crippen LogP contribution >= 0.6 is 11.6 Å². The Morgan fingerprint density at radius 3 is 2.70 bits per heavy atom. The second-order valence-electron chi connectivity index (χ2n) is 5.40. The van der Waals surface area contributed by atoms with Crippen molar-refractivity contribution < 1.29 is 14.3 Å². The Balaban J connectivity index is 1.76. The predicted octanol–water partition coefficient (Wildman–Crippen LogP) is 2.75. The van der Waals surface area contributed by atoms with Gasteiger partial charge in [0.25, 0.3) is 5.91 Å². The summed E-state index contributed by atoms with van der Waals surface area (Å²) in [4.78, 5) is 23.4. The Morgan fingerprint density at radius 2 is 2.04 bits per heavy atom. The zero-order chi connectivity index (χ0) is 16.7. The van der Waals surface area contributed by atoms with Gasteiger partial charge in [-0.3, -0.25) is 10.1 Å². The molecular formula is C16H18ClN3O3. The molecule has 0 saturated heterocycles. The first-order chi connectivity index (χ1) is 11.1. The topological polar surface area (TPSA) is 91.2 Å². The van der Waals surface area contributed by atoms with E-state index in [-0.39, 0.29) is 23.4 Å². The van der Waals surface area contributed by atoms with Crippen molar-refractivity contribution in [2.24, 2.45) is 0 Å². The van der Waals surface area contributed by atoms with Crippen LogP contribution in [-0.2, 0) is 4.79 Å². The smallest absolute Gasteiger partial charge is 0.321 e. The fourth-order valence-electron chi connectivity index (χ4n) is 2.46. The quantitative estimate of drug-likeness (QED) is 0.885. The van der Waals surface area contributed by atoms with E-state index in [9.17, 15) is 9.59 Å². The van der Waals surface area contributed by atoms with Crippen LogP contribution in [0.4, 0.5) is 4.79 Å². The standard InChI is InChI=1S/C16H18ClN3O3/c17-13-8-11(9-18)6-7-14(13)23-10-15(21)20-16(22)19-12-4-2-1-3-5-12/h6-8,12H,1-5,10H2,(H2,19,20,21,22). The Kier molecular flexibility index (Phi) is 6.24. The lowest BCUT2D eigenvalue weighted by Gasteiger charge is -2.22. The highest BCUT2D eigenvalue weighted by Crippen LogP contribution is 2.25. The molecule has 0 bridgehead atoms. The first-order valence-electron chi connectivity index (χ1n) is 7.51.